The molecule has 0 fully saturated rings. The lowest BCUT2D eigenvalue weighted by molar-refractivity contribution is 0.0977. The number of ether oxygens (including phenoxy) is 1. The van der Waals surface area contributed by atoms with Crippen LogP contribution in [0.25, 0.3) is 0 Å². The number of amides is 1. The highest BCUT2D eigenvalue weighted by atomic mass is 32.1. The summed E-state index contributed by atoms with van der Waals surface area (Å²) >= 11 is 5.28. The molecule has 0 aromatic heterocycles. The van der Waals surface area contributed by atoms with Crippen molar-refractivity contribution < 1.29 is 9.53 Å². The average molecular weight is 383 g/mol. The number of hydrogen-bond donors (Lipinski definition) is 2. The minimum absolute atomic E-state index is 0.0410. The van der Waals surface area contributed by atoms with Crippen molar-refractivity contribution >= 4 is 28.9 Å². The molecule has 2 aromatic carbocycles. The third kappa shape index (κ3) is 6.22. The van der Waals surface area contributed by atoms with Gasteiger partial charge in [0.2, 0.25) is 0 Å². The van der Waals surface area contributed by atoms with Crippen LogP contribution in [0.4, 0.5) is 5.69 Å². The monoisotopic (exact) mass is 382 g/mol. The van der Waals surface area contributed by atoms with Gasteiger partial charge in [-0.05, 0) is 60.0 Å². The van der Waals surface area contributed by atoms with Gasteiger partial charge in [-0.1, -0.05) is 51.6 Å². The summed E-state index contributed by atoms with van der Waals surface area (Å²) in [5, 5.41) is 5.93. The van der Waals surface area contributed by atoms with Crippen LogP contribution in [-0.4, -0.2) is 17.6 Å². The Bertz CT molecular complexity index is 836. The Labute approximate surface area is 166 Å². The van der Waals surface area contributed by atoms with Crippen molar-refractivity contribution in [2.45, 2.75) is 33.1 Å². The van der Waals surface area contributed by atoms with Crippen LogP contribution in [-0.2, 0) is 5.41 Å². The number of hydrogen-bond acceptors (Lipinski definition) is 3. The zero-order chi connectivity index (χ0) is 20.0. The van der Waals surface area contributed by atoms with Crippen LogP contribution in [0.1, 0.15) is 43.6 Å². The van der Waals surface area contributed by atoms with Crippen LogP contribution in [0.2, 0.25) is 0 Å². The molecule has 0 saturated heterocycles. The van der Waals surface area contributed by atoms with Gasteiger partial charge in [-0.3, -0.25) is 10.1 Å². The number of para-hydroxylation sites is 2. The summed E-state index contributed by atoms with van der Waals surface area (Å²) in [6.07, 6.45) is 0. The van der Waals surface area contributed by atoms with Crippen LogP contribution < -0.4 is 15.4 Å². The van der Waals surface area contributed by atoms with Crippen molar-refractivity contribution in [2.75, 3.05) is 11.9 Å². The number of carbonyl (C=O) groups is 1. The molecule has 2 rings (SSSR count). The lowest BCUT2D eigenvalue weighted by Crippen LogP contribution is -2.34. The number of carbonyl (C=O) groups excluding carboxylic acids is 1. The maximum absolute atomic E-state index is 12.4. The first-order valence-corrected chi connectivity index (χ1v) is 9.17. The minimum atomic E-state index is -0.256. The Kier molecular flexibility index (Phi) is 6.75. The van der Waals surface area contributed by atoms with Crippen LogP contribution in [0.15, 0.2) is 60.7 Å². The highest BCUT2D eigenvalue weighted by Crippen LogP contribution is 2.24. The highest BCUT2D eigenvalue weighted by molar-refractivity contribution is 7.80. The molecule has 142 valence electrons. The fourth-order valence-corrected chi connectivity index (χ4v) is 2.55. The van der Waals surface area contributed by atoms with Crippen molar-refractivity contribution in [3.05, 3.63) is 71.8 Å². The van der Waals surface area contributed by atoms with Crippen LogP contribution >= 0.6 is 12.2 Å². The standard InChI is InChI=1S/C22H26N2O2S/c1-15(2)14-26-19-9-7-6-8-18(19)23-21(27)24-20(25)16-10-12-17(13-11-16)22(3,4)5/h6-13H,1,14H2,2-5H3,(H2,23,24,25,27). The maximum Gasteiger partial charge on any atom is 0.257 e. The first-order valence-electron chi connectivity index (χ1n) is 8.76. The van der Waals surface area contributed by atoms with E-state index in [1.165, 1.54) is 5.56 Å². The van der Waals surface area contributed by atoms with E-state index in [4.69, 9.17) is 17.0 Å². The Hall–Kier alpha value is -2.66. The molecule has 0 spiro atoms. The van der Waals surface area contributed by atoms with E-state index >= 15 is 0 Å². The van der Waals surface area contributed by atoms with Gasteiger partial charge >= 0.3 is 0 Å². The molecule has 0 heterocycles. The molecule has 0 saturated carbocycles. The van der Waals surface area contributed by atoms with Crippen molar-refractivity contribution in [2.24, 2.45) is 0 Å². The van der Waals surface area contributed by atoms with Gasteiger partial charge in [-0.15, -0.1) is 0 Å². The molecule has 2 aromatic rings. The van der Waals surface area contributed by atoms with E-state index < -0.39 is 0 Å². The molecule has 0 aliphatic heterocycles. The van der Waals surface area contributed by atoms with E-state index in [1.807, 2.05) is 55.5 Å². The van der Waals surface area contributed by atoms with Gasteiger partial charge in [-0.2, -0.15) is 0 Å². The predicted molar refractivity (Wildman–Crippen MR) is 116 cm³/mol. The van der Waals surface area contributed by atoms with E-state index in [0.29, 0.717) is 23.6 Å². The molecule has 0 bridgehead atoms. The van der Waals surface area contributed by atoms with Crippen LogP contribution in [0.5, 0.6) is 5.75 Å². The SMILES string of the molecule is C=C(C)COc1ccccc1NC(=S)NC(=O)c1ccc(C(C)(C)C)cc1. The quantitative estimate of drug-likeness (QED) is 0.560. The van der Waals surface area contributed by atoms with Gasteiger partial charge in [-0.25, -0.2) is 0 Å². The summed E-state index contributed by atoms with van der Waals surface area (Å²) in [7, 11) is 0. The Morgan fingerprint density at radius 2 is 1.74 bits per heavy atom. The molecule has 2 N–H and O–H groups in total. The number of anilines is 1. The normalized spacial score (nSPS) is 10.8. The molecule has 4 nitrogen and oxygen atoms in total. The smallest absolute Gasteiger partial charge is 0.257 e. The van der Waals surface area contributed by atoms with Crippen LogP contribution in [0.3, 0.4) is 0 Å². The molecular formula is C22H26N2O2S. The van der Waals surface area contributed by atoms with Gasteiger partial charge in [0.25, 0.3) is 5.91 Å². The minimum Gasteiger partial charge on any atom is -0.487 e. The Morgan fingerprint density at radius 3 is 2.33 bits per heavy atom. The average Bonchev–Trinajstić information content (AvgIpc) is 2.60. The second kappa shape index (κ2) is 8.82. The summed E-state index contributed by atoms with van der Waals surface area (Å²) in [6, 6.07) is 15.0. The van der Waals surface area contributed by atoms with E-state index in [1.54, 1.807) is 0 Å². The third-order valence-electron chi connectivity index (χ3n) is 3.85. The fraction of sp³-hybridized carbons (Fsp3) is 0.273. The number of rotatable bonds is 5. The van der Waals surface area contributed by atoms with Crippen molar-refractivity contribution in [3.8, 4) is 5.75 Å². The molecular weight excluding hydrogens is 356 g/mol. The molecule has 0 atom stereocenters. The second-order valence-electron chi connectivity index (χ2n) is 7.48. The van der Waals surface area contributed by atoms with Crippen LogP contribution in [0, 0.1) is 0 Å². The topological polar surface area (TPSA) is 50.4 Å². The van der Waals surface area contributed by atoms with Gasteiger partial charge in [0.05, 0.1) is 5.69 Å². The lowest BCUT2D eigenvalue weighted by Gasteiger charge is -2.19. The zero-order valence-electron chi connectivity index (χ0n) is 16.3. The van der Waals surface area contributed by atoms with Gasteiger partial charge in [0, 0.05) is 5.56 Å². The molecule has 0 unspecified atom stereocenters. The summed E-state index contributed by atoms with van der Waals surface area (Å²) < 4.78 is 5.70. The number of nitrogens with one attached hydrogen (secondary N) is 2. The Balaban J connectivity index is 2.01. The largest absolute Gasteiger partial charge is 0.487 e. The number of thiocarbonyl (C=S) groups is 1. The Morgan fingerprint density at radius 1 is 1.11 bits per heavy atom. The second-order valence-corrected chi connectivity index (χ2v) is 7.89. The summed E-state index contributed by atoms with van der Waals surface area (Å²) in [5.74, 6) is 0.389. The summed E-state index contributed by atoms with van der Waals surface area (Å²) in [4.78, 5) is 12.4. The van der Waals surface area contributed by atoms with Crippen molar-refractivity contribution in [3.63, 3.8) is 0 Å². The van der Waals surface area contributed by atoms with Crippen molar-refractivity contribution in [1.82, 2.24) is 5.32 Å². The van der Waals surface area contributed by atoms with E-state index in [2.05, 4.69) is 38.0 Å². The zero-order valence-corrected chi connectivity index (χ0v) is 17.1. The first-order chi connectivity index (χ1) is 12.7. The maximum atomic E-state index is 12.4. The fourth-order valence-electron chi connectivity index (χ4n) is 2.35. The van der Waals surface area contributed by atoms with E-state index in [0.717, 1.165) is 5.57 Å². The van der Waals surface area contributed by atoms with Crippen molar-refractivity contribution in [1.29, 1.82) is 0 Å². The van der Waals surface area contributed by atoms with E-state index in [9.17, 15) is 4.79 Å². The summed E-state index contributed by atoms with van der Waals surface area (Å²) in [6.45, 7) is 12.5. The number of benzene rings is 2. The predicted octanol–water partition coefficient (Wildman–Crippen LogP) is 5.07. The van der Waals surface area contributed by atoms with E-state index in [-0.39, 0.29) is 16.4 Å². The first kappa shape index (κ1) is 20.6. The molecule has 1 amide bonds. The summed E-state index contributed by atoms with van der Waals surface area (Å²) in [5.41, 5.74) is 3.37. The van der Waals surface area contributed by atoms with Gasteiger partial charge < -0.3 is 10.1 Å². The molecule has 27 heavy (non-hydrogen) atoms. The molecule has 0 radical (unpaired) electrons. The molecule has 0 aliphatic carbocycles. The molecule has 0 aliphatic rings. The third-order valence-corrected chi connectivity index (χ3v) is 4.05. The highest BCUT2D eigenvalue weighted by Gasteiger charge is 2.15. The lowest BCUT2D eigenvalue weighted by atomic mass is 9.87. The molecule has 5 heteroatoms. The van der Waals surface area contributed by atoms with Gasteiger partial charge in [0.1, 0.15) is 12.4 Å². The van der Waals surface area contributed by atoms with Gasteiger partial charge in [0.15, 0.2) is 5.11 Å².